The second kappa shape index (κ2) is 2.23. The summed E-state index contributed by atoms with van der Waals surface area (Å²) >= 11 is 3.18. The lowest BCUT2D eigenvalue weighted by Gasteiger charge is -1.89. The maximum absolute atomic E-state index is 9.28. The highest BCUT2D eigenvalue weighted by Crippen LogP contribution is 2.23. The van der Waals surface area contributed by atoms with Crippen LogP contribution in [0.2, 0.25) is 0 Å². The van der Waals surface area contributed by atoms with Crippen molar-refractivity contribution < 1.29 is 5.11 Å². The zero-order valence-electron chi connectivity index (χ0n) is 5.50. The third kappa shape index (κ3) is 0.991. The molecule has 0 spiro atoms. The predicted molar refractivity (Wildman–Crippen MR) is 45.5 cm³/mol. The zero-order valence-corrected chi connectivity index (χ0v) is 7.09. The number of imidazole rings is 1. The molecule has 2 N–H and O–H groups in total. The summed E-state index contributed by atoms with van der Waals surface area (Å²) in [5.41, 5.74) is 1.43. The number of para-hydroxylation sites is 1. The van der Waals surface area contributed by atoms with Gasteiger partial charge in [-0.2, -0.15) is 0 Å². The predicted octanol–water partition coefficient (Wildman–Crippen LogP) is 2.03. The fraction of sp³-hybridized carbons (Fsp3) is 0. The van der Waals surface area contributed by atoms with Gasteiger partial charge in [-0.1, -0.05) is 6.07 Å². The summed E-state index contributed by atoms with van der Waals surface area (Å²) in [6.07, 6.45) is 0. The van der Waals surface area contributed by atoms with E-state index in [-0.39, 0.29) is 5.75 Å². The van der Waals surface area contributed by atoms with Crippen molar-refractivity contribution in [2.45, 2.75) is 0 Å². The van der Waals surface area contributed by atoms with Gasteiger partial charge in [-0.3, -0.25) is 0 Å². The minimum atomic E-state index is 0.199. The van der Waals surface area contributed by atoms with Crippen molar-refractivity contribution in [3.05, 3.63) is 22.9 Å². The van der Waals surface area contributed by atoms with Crippen LogP contribution < -0.4 is 0 Å². The van der Waals surface area contributed by atoms with Gasteiger partial charge in [0.1, 0.15) is 11.3 Å². The van der Waals surface area contributed by atoms with Crippen LogP contribution in [0.4, 0.5) is 0 Å². The molecule has 0 saturated carbocycles. The lowest BCUT2D eigenvalue weighted by molar-refractivity contribution is 0.480. The molecule has 3 nitrogen and oxygen atoms in total. The minimum Gasteiger partial charge on any atom is -0.506 e. The minimum absolute atomic E-state index is 0.199. The number of hydrogen-bond acceptors (Lipinski definition) is 2. The quantitative estimate of drug-likeness (QED) is 0.703. The first kappa shape index (κ1) is 6.67. The molecule has 2 rings (SSSR count). The molecule has 0 radical (unpaired) electrons. The number of aromatic amines is 1. The zero-order chi connectivity index (χ0) is 7.84. The van der Waals surface area contributed by atoms with Gasteiger partial charge in [-0.05, 0) is 28.1 Å². The number of aromatic nitrogens is 2. The number of H-pyrrole nitrogens is 1. The van der Waals surface area contributed by atoms with Crippen molar-refractivity contribution in [2.75, 3.05) is 0 Å². The molecule has 0 atom stereocenters. The number of phenols is 1. The van der Waals surface area contributed by atoms with E-state index >= 15 is 0 Å². The SMILES string of the molecule is Oc1cccc2[nH]c(Br)nc12. The third-order valence-electron chi connectivity index (χ3n) is 1.46. The molecule has 0 saturated heterocycles. The molecular weight excluding hydrogens is 208 g/mol. The molecule has 1 aromatic carbocycles. The van der Waals surface area contributed by atoms with Crippen molar-refractivity contribution in [3.8, 4) is 5.75 Å². The molecule has 1 heterocycles. The highest BCUT2D eigenvalue weighted by molar-refractivity contribution is 9.10. The Bertz CT molecular complexity index is 396. The monoisotopic (exact) mass is 212 g/mol. The Morgan fingerprint density at radius 3 is 3.00 bits per heavy atom. The number of aromatic hydroxyl groups is 1. The number of halogens is 1. The molecule has 56 valence electrons. The van der Waals surface area contributed by atoms with E-state index in [4.69, 9.17) is 0 Å². The van der Waals surface area contributed by atoms with Gasteiger partial charge in [-0.25, -0.2) is 4.98 Å². The molecule has 4 heteroatoms. The summed E-state index contributed by atoms with van der Waals surface area (Å²) in [6.45, 7) is 0. The van der Waals surface area contributed by atoms with Gasteiger partial charge in [-0.15, -0.1) is 0 Å². The van der Waals surface area contributed by atoms with Crippen molar-refractivity contribution in [3.63, 3.8) is 0 Å². The Morgan fingerprint density at radius 2 is 2.27 bits per heavy atom. The summed E-state index contributed by atoms with van der Waals surface area (Å²) in [5.74, 6) is 0.199. The Hall–Kier alpha value is -1.03. The van der Waals surface area contributed by atoms with E-state index in [1.807, 2.05) is 6.07 Å². The summed E-state index contributed by atoms with van der Waals surface area (Å²) in [6, 6.07) is 5.23. The first-order valence-corrected chi connectivity index (χ1v) is 3.90. The van der Waals surface area contributed by atoms with E-state index in [0.29, 0.717) is 10.3 Å². The molecule has 0 aliphatic heterocycles. The molecule has 11 heavy (non-hydrogen) atoms. The number of phenolic OH excluding ortho intramolecular Hbond substituents is 1. The van der Waals surface area contributed by atoms with Gasteiger partial charge in [0.15, 0.2) is 4.73 Å². The van der Waals surface area contributed by atoms with E-state index in [1.54, 1.807) is 12.1 Å². The highest BCUT2D eigenvalue weighted by atomic mass is 79.9. The van der Waals surface area contributed by atoms with Crippen molar-refractivity contribution in [2.24, 2.45) is 0 Å². The number of hydrogen-bond donors (Lipinski definition) is 2. The van der Waals surface area contributed by atoms with Gasteiger partial charge in [0, 0.05) is 0 Å². The standard InChI is InChI=1S/C7H5BrN2O/c8-7-9-4-2-1-3-5(11)6(4)10-7/h1-3,11H,(H,9,10). The lowest BCUT2D eigenvalue weighted by atomic mass is 10.3. The maximum Gasteiger partial charge on any atom is 0.175 e. The van der Waals surface area contributed by atoms with E-state index in [1.165, 1.54) is 0 Å². The number of nitrogens with zero attached hydrogens (tertiary/aromatic N) is 1. The Kier molecular flexibility index (Phi) is 1.35. The van der Waals surface area contributed by atoms with Gasteiger partial charge in [0.05, 0.1) is 5.52 Å². The van der Waals surface area contributed by atoms with Crippen molar-refractivity contribution in [1.82, 2.24) is 9.97 Å². The molecule has 1 aromatic heterocycles. The molecule has 0 aliphatic carbocycles. The van der Waals surface area contributed by atoms with Gasteiger partial charge < -0.3 is 10.1 Å². The van der Waals surface area contributed by atoms with E-state index in [2.05, 4.69) is 25.9 Å². The number of nitrogens with one attached hydrogen (secondary N) is 1. The van der Waals surface area contributed by atoms with Gasteiger partial charge >= 0.3 is 0 Å². The van der Waals surface area contributed by atoms with Crippen LogP contribution in [0.25, 0.3) is 11.0 Å². The largest absolute Gasteiger partial charge is 0.506 e. The lowest BCUT2D eigenvalue weighted by Crippen LogP contribution is -1.68. The van der Waals surface area contributed by atoms with Crippen LogP contribution in [0.3, 0.4) is 0 Å². The van der Waals surface area contributed by atoms with E-state index in [0.717, 1.165) is 5.52 Å². The molecular formula is C7H5BrN2O. The molecule has 0 fully saturated rings. The van der Waals surface area contributed by atoms with Crippen LogP contribution in [0.1, 0.15) is 0 Å². The van der Waals surface area contributed by atoms with Crippen LogP contribution in [0.5, 0.6) is 5.75 Å². The van der Waals surface area contributed by atoms with Crippen LogP contribution in [-0.2, 0) is 0 Å². The Labute approximate surface area is 71.2 Å². The molecule has 0 aliphatic rings. The first-order valence-electron chi connectivity index (χ1n) is 3.10. The summed E-state index contributed by atoms with van der Waals surface area (Å²) in [4.78, 5) is 6.97. The topological polar surface area (TPSA) is 48.9 Å². The van der Waals surface area contributed by atoms with Crippen LogP contribution in [0, 0.1) is 0 Å². The Balaban J connectivity index is 2.90. The number of fused-ring (bicyclic) bond motifs is 1. The van der Waals surface area contributed by atoms with Crippen molar-refractivity contribution >= 4 is 27.0 Å². The second-order valence-electron chi connectivity index (χ2n) is 2.20. The third-order valence-corrected chi connectivity index (χ3v) is 1.84. The summed E-state index contributed by atoms with van der Waals surface area (Å²) < 4.78 is 0.633. The fourth-order valence-electron chi connectivity index (χ4n) is 0.987. The number of benzene rings is 1. The molecule has 0 amide bonds. The van der Waals surface area contributed by atoms with Crippen LogP contribution in [0.15, 0.2) is 22.9 Å². The van der Waals surface area contributed by atoms with E-state index in [9.17, 15) is 5.11 Å². The average molecular weight is 213 g/mol. The normalized spacial score (nSPS) is 10.6. The molecule has 0 unspecified atom stereocenters. The average Bonchev–Trinajstić information content (AvgIpc) is 2.31. The summed E-state index contributed by atoms with van der Waals surface area (Å²) in [7, 11) is 0. The smallest absolute Gasteiger partial charge is 0.175 e. The van der Waals surface area contributed by atoms with Crippen LogP contribution in [-0.4, -0.2) is 15.1 Å². The van der Waals surface area contributed by atoms with Crippen molar-refractivity contribution in [1.29, 1.82) is 0 Å². The van der Waals surface area contributed by atoms with E-state index < -0.39 is 0 Å². The number of rotatable bonds is 0. The highest BCUT2D eigenvalue weighted by Gasteiger charge is 2.02. The van der Waals surface area contributed by atoms with Gasteiger partial charge in [0.25, 0.3) is 0 Å². The second-order valence-corrected chi connectivity index (χ2v) is 2.95. The molecule has 0 bridgehead atoms. The summed E-state index contributed by atoms with van der Waals surface area (Å²) in [5, 5.41) is 9.28. The first-order chi connectivity index (χ1) is 5.27. The fourth-order valence-corrected chi connectivity index (χ4v) is 1.38. The van der Waals surface area contributed by atoms with Gasteiger partial charge in [0.2, 0.25) is 0 Å². The molecule has 2 aromatic rings. The van der Waals surface area contributed by atoms with Crippen LogP contribution >= 0.6 is 15.9 Å². The Morgan fingerprint density at radius 1 is 1.45 bits per heavy atom. The maximum atomic E-state index is 9.28.